The van der Waals surface area contributed by atoms with E-state index in [9.17, 15) is 9.59 Å². The van der Waals surface area contributed by atoms with E-state index in [4.69, 9.17) is 5.11 Å². The molecule has 0 spiro atoms. The van der Waals surface area contributed by atoms with Crippen LogP contribution in [0.15, 0.2) is 22.7 Å². The molecule has 2 rings (SSSR count). The molecule has 3 N–H and O–H groups in total. The molecule has 1 aliphatic rings. The molecule has 5 nitrogen and oxygen atoms in total. The monoisotopic (exact) mass is 354 g/mol. The van der Waals surface area contributed by atoms with Crippen LogP contribution < -0.4 is 10.6 Å². The molecular weight excluding hydrogens is 336 g/mol. The lowest BCUT2D eigenvalue weighted by atomic mass is 10.0. The molecule has 1 fully saturated rings. The SMILES string of the molecule is O=C(CCC1CCCCN1)Nc1ccc(C(=O)O)cc1Br. The third-order valence-corrected chi connectivity index (χ3v) is 4.28. The second-order valence-electron chi connectivity index (χ2n) is 5.23. The van der Waals surface area contributed by atoms with Crippen molar-refractivity contribution in [3.8, 4) is 0 Å². The number of carbonyl (C=O) groups excluding carboxylic acids is 1. The maximum atomic E-state index is 12.0. The predicted molar refractivity (Wildman–Crippen MR) is 84.6 cm³/mol. The Labute approximate surface area is 132 Å². The van der Waals surface area contributed by atoms with Crippen molar-refractivity contribution >= 4 is 33.5 Å². The Kier molecular flexibility index (Phi) is 5.76. The first-order valence-electron chi connectivity index (χ1n) is 7.12. The second kappa shape index (κ2) is 7.56. The van der Waals surface area contributed by atoms with Gasteiger partial charge in [-0.25, -0.2) is 4.79 Å². The van der Waals surface area contributed by atoms with Crippen molar-refractivity contribution in [2.45, 2.75) is 38.1 Å². The number of hydrogen-bond donors (Lipinski definition) is 3. The molecule has 0 aromatic heterocycles. The van der Waals surface area contributed by atoms with Gasteiger partial charge in [-0.2, -0.15) is 0 Å². The zero-order chi connectivity index (χ0) is 15.2. The van der Waals surface area contributed by atoms with Gasteiger partial charge in [0.1, 0.15) is 0 Å². The normalized spacial score (nSPS) is 18.2. The van der Waals surface area contributed by atoms with E-state index in [0.29, 0.717) is 22.6 Å². The zero-order valence-electron chi connectivity index (χ0n) is 11.7. The Bertz CT molecular complexity index is 528. The minimum atomic E-state index is -0.989. The number of nitrogens with one attached hydrogen (secondary N) is 2. The van der Waals surface area contributed by atoms with Crippen LogP contribution in [0.25, 0.3) is 0 Å². The second-order valence-corrected chi connectivity index (χ2v) is 6.09. The Morgan fingerprint density at radius 3 is 2.81 bits per heavy atom. The fraction of sp³-hybridized carbons (Fsp3) is 0.467. The van der Waals surface area contributed by atoms with Crippen molar-refractivity contribution in [2.75, 3.05) is 11.9 Å². The average molecular weight is 355 g/mol. The van der Waals surface area contributed by atoms with Gasteiger partial charge in [-0.1, -0.05) is 6.42 Å². The van der Waals surface area contributed by atoms with Crippen LogP contribution in [0.5, 0.6) is 0 Å². The van der Waals surface area contributed by atoms with Crippen LogP contribution in [-0.2, 0) is 4.79 Å². The zero-order valence-corrected chi connectivity index (χ0v) is 13.3. The molecule has 1 aromatic rings. The van der Waals surface area contributed by atoms with Gasteiger partial charge in [0, 0.05) is 16.9 Å². The number of amides is 1. The maximum absolute atomic E-state index is 12.0. The summed E-state index contributed by atoms with van der Waals surface area (Å²) in [6.07, 6.45) is 4.86. The van der Waals surface area contributed by atoms with E-state index in [0.717, 1.165) is 19.4 Å². The number of anilines is 1. The van der Waals surface area contributed by atoms with Gasteiger partial charge in [-0.15, -0.1) is 0 Å². The van der Waals surface area contributed by atoms with Crippen LogP contribution in [0, 0.1) is 0 Å². The Morgan fingerprint density at radius 1 is 1.38 bits per heavy atom. The summed E-state index contributed by atoms with van der Waals surface area (Å²) in [5.74, 6) is -1.04. The van der Waals surface area contributed by atoms with Crippen LogP contribution >= 0.6 is 15.9 Å². The molecule has 1 atom stereocenters. The number of carbonyl (C=O) groups is 2. The van der Waals surface area contributed by atoms with Gasteiger partial charge in [-0.05, 0) is 59.9 Å². The number of hydrogen-bond acceptors (Lipinski definition) is 3. The average Bonchev–Trinajstić information content (AvgIpc) is 2.48. The summed E-state index contributed by atoms with van der Waals surface area (Å²) in [6, 6.07) is 5.00. The number of aromatic carboxylic acids is 1. The highest BCUT2D eigenvalue weighted by Crippen LogP contribution is 2.24. The number of rotatable bonds is 5. The van der Waals surface area contributed by atoms with Gasteiger partial charge in [-0.3, -0.25) is 4.79 Å². The molecule has 1 saturated heterocycles. The molecule has 0 saturated carbocycles. The molecule has 1 unspecified atom stereocenters. The minimum Gasteiger partial charge on any atom is -0.478 e. The van der Waals surface area contributed by atoms with E-state index in [1.165, 1.54) is 25.0 Å². The van der Waals surface area contributed by atoms with Gasteiger partial charge in [0.25, 0.3) is 0 Å². The summed E-state index contributed by atoms with van der Waals surface area (Å²) >= 11 is 3.28. The summed E-state index contributed by atoms with van der Waals surface area (Å²) in [4.78, 5) is 22.8. The number of carboxylic acid groups (broad SMARTS) is 1. The molecule has 1 amide bonds. The van der Waals surface area contributed by atoms with Crippen LogP contribution in [0.2, 0.25) is 0 Å². The van der Waals surface area contributed by atoms with E-state index in [-0.39, 0.29) is 11.5 Å². The van der Waals surface area contributed by atoms with Gasteiger partial charge >= 0.3 is 5.97 Å². The van der Waals surface area contributed by atoms with Crippen molar-refractivity contribution in [3.63, 3.8) is 0 Å². The van der Waals surface area contributed by atoms with Crippen molar-refractivity contribution in [1.29, 1.82) is 0 Å². The molecule has 1 aliphatic heterocycles. The first kappa shape index (κ1) is 16.0. The first-order valence-corrected chi connectivity index (χ1v) is 7.91. The lowest BCUT2D eigenvalue weighted by Crippen LogP contribution is -2.34. The Balaban J connectivity index is 1.85. The Hall–Kier alpha value is -1.40. The van der Waals surface area contributed by atoms with Gasteiger partial charge < -0.3 is 15.7 Å². The summed E-state index contributed by atoms with van der Waals surface area (Å²) < 4.78 is 0.576. The number of carboxylic acids is 1. The minimum absolute atomic E-state index is 0.0499. The van der Waals surface area contributed by atoms with E-state index in [1.807, 2.05) is 0 Å². The quantitative estimate of drug-likeness (QED) is 0.759. The van der Waals surface area contributed by atoms with Crippen LogP contribution in [0.3, 0.4) is 0 Å². The van der Waals surface area contributed by atoms with Crippen molar-refractivity contribution < 1.29 is 14.7 Å². The highest BCUT2D eigenvalue weighted by atomic mass is 79.9. The molecule has 21 heavy (non-hydrogen) atoms. The topological polar surface area (TPSA) is 78.4 Å². The van der Waals surface area contributed by atoms with E-state index in [2.05, 4.69) is 26.6 Å². The molecule has 0 bridgehead atoms. The Morgan fingerprint density at radius 2 is 2.19 bits per heavy atom. The fourth-order valence-corrected chi connectivity index (χ4v) is 2.92. The summed E-state index contributed by atoms with van der Waals surface area (Å²) in [7, 11) is 0. The first-order chi connectivity index (χ1) is 10.1. The smallest absolute Gasteiger partial charge is 0.335 e. The van der Waals surface area contributed by atoms with E-state index in [1.54, 1.807) is 6.07 Å². The van der Waals surface area contributed by atoms with Crippen LogP contribution in [0.1, 0.15) is 42.5 Å². The molecule has 6 heteroatoms. The summed E-state index contributed by atoms with van der Waals surface area (Å²) in [6.45, 7) is 1.04. The van der Waals surface area contributed by atoms with E-state index >= 15 is 0 Å². The van der Waals surface area contributed by atoms with E-state index < -0.39 is 5.97 Å². The number of halogens is 1. The number of benzene rings is 1. The van der Waals surface area contributed by atoms with Gasteiger partial charge in [0.05, 0.1) is 11.3 Å². The molecule has 0 radical (unpaired) electrons. The predicted octanol–water partition coefficient (Wildman–Crippen LogP) is 3.01. The summed E-state index contributed by atoms with van der Waals surface area (Å²) in [5, 5.41) is 15.1. The highest BCUT2D eigenvalue weighted by Gasteiger charge is 2.15. The molecule has 114 valence electrons. The molecule has 1 heterocycles. The number of piperidine rings is 1. The van der Waals surface area contributed by atoms with Crippen LogP contribution in [-0.4, -0.2) is 29.6 Å². The van der Waals surface area contributed by atoms with Crippen molar-refractivity contribution in [2.24, 2.45) is 0 Å². The summed E-state index contributed by atoms with van der Waals surface area (Å²) in [5.41, 5.74) is 0.785. The third-order valence-electron chi connectivity index (χ3n) is 3.62. The molecule has 1 aromatic carbocycles. The molecule has 0 aliphatic carbocycles. The lowest BCUT2D eigenvalue weighted by molar-refractivity contribution is -0.116. The third kappa shape index (κ3) is 4.82. The lowest BCUT2D eigenvalue weighted by Gasteiger charge is -2.23. The standard InChI is InChI=1S/C15H19BrN2O3/c16-12-9-10(15(20)21)4-6-13(12)18-14(19)7-5-11-3-1-2-8-17-11/h4,6,9,11,17H,1-3,5,7-8H2,(H,18,19)(H,20,21). The maximum Gasteiger partial charge on any atom is 0.335 e. The van der Waals surface area contributed by atoms with Gasteiger partial charge in [0.15, 0.2) is 0 Å². The fourth-order valence-electron chi connectivity index (χ4n) is 2.44. The molecular formula is C15H19BrN2O3. The van der Waals surface area contributed by atoms with Gasteiger partial charge in [0.2, 0.25) is 5.91 Å². The van der Waals surface area contributed by atoms with Crippen molar-refractivity contribution in [1.82, 2.24) is 5.32 Å². The van der Waals surface area contributed by atoms with Crippen molar-refractivity contribution in [3.05, 3.63) is 28.2 Å². The highest BCUT2D eigenvalue weighted by molar-refractivity contribution is 9.10. The largest absolute Gasteiger partial charge is 0.478 e. The van der Waals surface area contributed by atoms with Crippen LogP contribution in [0.4, 0.5) is 5.69 Å².